The molecule has 1 saturated heterocycles. The molecule has 1 atom stereocenters. The highest BCUT2D eigenvalue weighted by atomic mass is 19.1. The summed E-state index contributed by atoms with van der Waals surface area (Å²) < 4.78 is 20.0. The summed E-state index contributed by atoms with van der Waals surface area (Å²) in [6.45, 7) is 0.210. The third-order valence-electron chi connectivity index (χ3n) is 4.55. The summed E-state index contributed by atoms with van der Waals surface area (Å²) in [4.78, 5) is 41.8. The predicted molar refractivity (Wildman–Crippen MR) is 104 cm³/mol. The van der Waals surface area contributed by atoms with Gasteiger partial charge in [0.25, 0.3) is 5.91 Å². The van der Waals surface area contributed by atoms with Crippen LogP contribution in [-0.4, -0.2) is 54.5 Å². The molecule has 0 bridgehead atoms. The molecule has 1 fully saturated rings. The summed E-state index contributed by atoms with van der Waals surface area (Å²) in [5.41, 5.74) is 6.44. The topological polar surface area (TPSA) is 106 Å². The number of cyclic esters (lactones) is 1. The maximum atomic E-state index is 14.8. The molecule has 152 valence electrons. The number of ether oxygens (including phenoxy) is 1. The van der Waals surface area contributed by atoms with Crippen molar-refractivity contribution in [1.29, 1.82) is 0 Å². The summed E-state index contributed by atoms with van der Waals surface area (Å²) in [7, 11) is 3.22. The number of nitrogens with zero attached hydrogens (tertiary/aromatic N) is 3. The number of carbonyl (C=O) groups excluding carboxylic acids is 3. The molecule has 2 heterocycles. The van der Waals surface area contributed by atoms with E-state index >= 15 is 0 Å². The molecule has 1 unspecified atom stereocenters. The molecule has 1 aliphatic heterocycles. The molecule has 3 amide bonds. The largest absolute Gasteiger partial charge is 0.444 e. The maximum absolute atomic E-state index is 14.8. The lowest BCUT2D eigenvalue weighted by Gasteiger charge is -2.15. The van der Waals surface area contributed by atoms with Crippen molar-refractivity contribution >= 4 is 23.6 Å². The smallest absolute Gasteiger partial charge is 0.414 e. The van der Waals surface area contributed by atoms with Crippen LogP contribution in [0.15, 0.2) is 36.5 Å². The van der Waals surface area contributed by atoms with Gasteiger partial charge in [0.05, 0.1) is 12.2 Å². The summed E-state index contributed by atoms with van der Waals surface area (Å²) in [6.07, 6.45) is 0.792. The van der Waals surface area contributed by atoms with Gasteiger partial charge in [-0.15, -0.1) is 0 Å². The fourth-order valence-corrected chi connectivity index (χ4v) is 3.04. The van der Waals surface area contributed by atoms with Crippen LogP contribution in [0.4, 0.5) is 14.9 Å². The number of carbonyl (C=O) groups is 3. The first kappa shape index (κ1) is 20.2. The highest BCUT2D eigenvalue weighted by molar-refractivity contribution is 5.93. The average Bonchev–Trinajstić information content (AvgIpc) is 3.06. The Hall–Kier alpha value is -3.49. The zero-order valence-corrected chi connectivity index (χ0v) is 16.1. The molecule has 1 aliphatic rings. The lowest BCUT2D eigenvalue weighted by Crippen LogP contribution is -2.25. The second-order valence-corrected chi connectivity index (χ2v) is 6.91. The van der Waals surface area contributed by atoms with E-state index in [9.17, 15) is 18.8 Å². The molecular formula is C20H21FN4O4. The Bertz CT molecular complexity index is 963. The van der Waals surface area contributed by atoms with Crippen LogP contribution in [0, 0.1) is 5.82 Å². The van der Waals surface area contributed by atoms with Gasteiger partial charge in [-0.05, 0) is 42.3 Å². The van der Waals surface area contributed by atoms with Crippen LogP contribution >= 0.6 is 0 Å². The molecule has 3 rings (SSSR count). The minimum absolute atomic E-state index is 0.106. The minimum Gasteiger partial charge on any atom is -0.444 e. The standard InChI is InChI=1S/C20H21FN4O4/c1-24(2)19(27)17-9-12(7-8-23-17)15-5-3-13(10-16(15)21)25-11-14(29-20(25)28)4-6-18(22)26/h3,5,7-10,14H,4,6,11H2,1-2H3,(H2,22,26). The number of nitrogens with two attached hydrogens (primary N) is 1. The van der Waals surface area contributed by atoms with E-state index in [0.29, 0.717) is 17.7 Å². The molecule has 0 radical (unpaired) electrons. The Morgan fingerprint density at radius 2 is 2.07 bits per heavy atom. The summed E-state index contributed by atoms with van der Waals surface area (Å²) in [5, 5.41) is 0. The van der Waals surface area contributed by atoms with Gasteiger partial charge in [-0.25, -0.2) is 9.18 Å². The van der Waals surface area contributed by atoms with E-state index in [1.807, 2.05) is 0 Å². The highest BCUT2D eigenvalue weighted by Gasteiger charge is 2.32. The molecule has 1 aromatic carbocycles. The number of aromatic nitrogens is 1. The second kappa shape index (κ2) is 8.26. The molecule has 0 aliphatic carbocycles. The predicted octanol–water partition coefficient (Wildman–Crippen LogP) is 2.18. The molecule has 2 N–H and O–H groups in total. The summed E-state index contributed by atoms with van der Waals surface area (Å²) in [6, 6.07) is 7.50. The van der Waals surface area contributed by atoms with E-state index in [2.05, 4.69) is 4.98 Å². The molecule has 29 heavy (non-hydrogen) atoms. The van der Waals surface area contributed by atoms with E-state index < -0.39 is 23.9 Å². The molecular weight excluding hydrogens is 379 g/mol. The molecule has 0 spiro atoms. The van der Waals surface area contributed by atoms with Crippen molar-refractivity contribution in [2.24, 2.45) is 5.73 Å². The number of hydrogen-bond donors (Lipinski definition) is 1. The number of rotatable bonds is 6. The first-order chi connectivity index (χ1) is 13.8. The lowest BCUT2D eigenvalue weighted by atomic mass is 10.0. The highest BCUT2D eigenvalue weighted by Crippen LogP contribution is 2.30. The molecule has 2 aromatic rings. The quantitative estimate of drug-likeness (QED) is 0.800. The van der Waals surface area contributed by atoms with Gasteiger partial charge in [-0.1, -0.05) is 0 Å². The Morgan fingerprint density at radius 1 is 1.31 bits per heavy atom. The third kappa shape index (κ3) is 4.50. The molecule has 0 saturated carbocycles. The van der Waals surface area contributed by atoms with Gasteiger partial charge < -0.3 is 15.4 Å². The number of benzene rings is 1. The van der Waals surface area contributed by atoms with Crippen LogP contribution in [0.25, 0.3) is 11.1 Å². The minimum atomic E-state index is -0.602. The zero-order chi connectivity index (χ0) is 21.1. The first-order valence-corrected chi connectivity index (χ1v) is 9.00. The number of pyridine rings is 1. The van der Waals surface area contributed by atoms with Gasteiger partial charge >= 0.3 is 6.09 Å². The van der Waals surface area contributed by atoms with E-state index in [-0.39, 0.29) is 30.1 Å². The number of halogens is 1. The van der Waals surface area contributed by atoms with Gasteiger partial charge in [0.1, 0.15) is 17.6 Å². The SMILES string of the molecule is CN(C)C(=O)c1cc(-c2ccc(N3CC(CCC(N)=O)OC3=O)cc2F)ccn1. The Labute approximate surface area is 167 Å². The van der Waals surface area contributed by atoms with Gasteiger partial charge in [-0.2, -0.15) is 0 Å². The Balaban J connectivity index is 1.81. The molecule has 1 aromatic heterocycles. The third-order valence-corrected chi connectivity index (χ3v) is 4.55. The van der Waals surface area contributed by atoms with Crippen molar-refractivity contribution in [2.45, 2.75) is 18.9 Å². The van der Waals surface area contributed by atoms with Crippen molar-refractivity contribution in [3.8, 4) is 11.1 Å². The van der Waals surface area contributed by atoms with Crippen LogP contribution in [-0.2, 0) is 9.53 Å². The molecule has 9 heteroatoms. The van der Waals surface area contributed by atoms with Crippen molar-refractivity contribution in [1.82, 2.24) is 9.88 Å². The van der Waals surface area contributed by atoms with Crippen LogP contribution in [0.3, 0.4) is 0 Å². The van der Waals surface area contributed by atoms with Crippen LogP contribution < -0.4 is 10.6 Å². The Kier molecular flexibility index (Phi) is 5.76. The van der Waals surface area contributed by atoms with Gasteiger partial charge in [-0.3, -0.25) is 19.5 Å². The van der Waals surface area contributed by atoms with E-state index in [0.717, 1.165) is 0 Å². The van der Waals surface area contributed by atoms with E-state index in [1.54, 1.807) is 26.2 Å². The van der Waals surface area contributed by atoms with E-state index in [1.165, 1.54) is 34.2 Å². The monoisotopic (exact) mass is 400 g/mol. The number of primary amides is 1. The lowest BCUT2D eigenvalue weighted by molar-refractivity contribution is -0.118. The van der Waals surface area contributed by atoms with Crippen LogP contribution in [0.5, 0.6) is 0 Å². The number of anilines is 1. The van der Waals surface area contributed by atoms with Gasteiger partial charge in [0.2, 0.25) is 5.91 Å². The van der Waals surface area contributed by atoms with Crippen molar-refractivity contribution in [2.75, 3.05) is 25.5 Å². The zero-order valence-electron chi connectivity index (χ0n) is 16.1. The number of amides is 3. The fraction of sp³-hybridized carbons (Fsp3) is 0.300. The van der Waals surface area contributed by atoms with Gasteiger partial charge in [0, 0.05) is 32.3 Å². The normalized spacial score (nSPS) is 15.9. The van der Waals surface area contributed by atoms with Gasteiger partial charge in [0.15, 0.2) is 0 Å². The maximum Gasteiger partial charge on any atom is 0.414 e. The molecule has 8 nitrogen and oxygen atoms in total. The van der Waals surface area contributed by atoms with Crippen molar-refractivity contribution < 1.29 is 23.5 Å². The van der Waals surface area contributed by atoms with Crippen LogP contribution in [0.1, 0.15) is 23.3 Å². The second-order valence-electron chi connectivity index (χ2n) is 6.91. The fourth-order valence-electron chi connectivity index (χ4n) is 3.04. The first-order valence-electron chi connectivity index (χ1n) is 9.00. The van der Waals surface area contributed by atoms with E-state index in [4.69, 9.17) is 10.5 Å². The Morgan fingerprint density at radius 3 is 2.72 bits per heavy atom. The number of hydrogen-bond acceptors (Lipinski definition) is 5. The van der Waals surface area contributed by atoms with Crippen molar-refractivity contribution in [3.05, 3.63) is 48.0 Å². The van der Waals surface area contributed by atoms with Crippen LogP contribution in [0.2, 0.25) is 0 Å². The summed E-state index contributed by atoms with van der Waals surface area (Å²) >= 11 is 0. The van der Waals surface area contributed by atoms with Crippen molar-refractivity contribution in [3.63, 3.8) is 0 Å². The average molecular weight is 400 g/mol. The summed E-state index contributed by atoms with van der Waals surface area (Å²) in [5.74, 6) is -1.31.